The van der Waals surface area contributed by atoms with Crippen LogP contribution in [0.4, 0.5) is 0 Å². The van der Waals surface area contributed by atoms with Gasteiger partial charge >= 0.3 is 0 Å². The van der Waals surface area contributed by atoms with E-state index in [4.69, 9.17) is 0 Å². The molecule has 72 valence electrons. The van der Waals surface area contributed by atoms with Crippen LogP contribution < -0.4 is 0 Å². The van der Waals surface area contributed by atoms with Crippen LogP contribution in [0, 0.1) is 0 Å². The van der Waals surface area contributed by atoms with Gasteiger partial charge in [-0.2, -0.15) is 4.37 Å². The molecule has 2 heterocycles. The van der Waals surface area contributed by atoms with Gasteiger partial charge < -0.3 is 4.90 Å². The lowest BCUT2D eigenvalue weighted by Gasteiger charge is -2.35. The lowest BCUT2D eigenvalue weighted by Crippen LogP contribution is -2.41. The van der Waals surface area contributed by atoms with Crippen LogP contribution in [0.15, 0.2) is 24.3 Å². The largest absolute Gasteiger partial charge is 0.305 e. The predicted molar refractivity (Wildman–Crippen MR) is 59.9 cm³/mol. The number of aromatic nitrogens is 1. The zero-order valence-electron chi connectivity index (χ0n) is 8.10. The summed E-state index contributed by atoms with van der Waals surface area (Å²) in [4.78, 5) is 2.33. The fourth-order valence-electron chi connectivity index (χ4n) is 2.07. The smallest absolute Gasteiger partial charge is 0.0677 e. The molecule has 2 aromatic rings. The number of fused-ring (bicyclic) bond motifs is 1. The Morgan fingerprint density at radius 2 is 2.14 bits per heavy atom. The second-order valence-electron chi connectivity index (χ2n) is 3.98. The van der Waals surface area contributed by atoms with E-state index in [0.717, 1.165) is 13.1 Å². The Labute approximate surface area is 87.3 Å². The highest BCUT2D eigenvalue weighted by Crippen LogP contribution is 2.32. The minimum absolute atomic E-state index is 0.663. The fraction of sp³-hybridized carbons (Fsp3) is 0.364. The lowest BCUT2D eigenvalue weighted by molar-refractivity contribution is 0.188. The number of likely N-dealkylation sites (tertiary alicyclic amines) is 1. The highest BCUT2D eigenvalue weighted by Gasteiger charge is 2.28. The Morgan fingerprint density at radius 3 is 2.93 bits per heavy atom. The van der Waals surface area contributed by atoms with E-state index in [0.29, 0.717) is 5.92 Å². The van der Waals surface area contributed by atoms with Gasteiger partial charge in [0.05, 0.1) is 10.4 Å². The summed E-state index contributed by atoms with van der Waals surface area (Å²) in [7, 11) is 2.16. The van der Waals surface area contributed by atoms with E-state index in [1.807, 2.05) is 0 Å². The van der Waals surface area contributed by atoms with Crippen LogP contribution >= 0.6 is 11.5 Å². The first-order chi connectivity index (χ1) is 6.84. The van der Waals surface area contributed by atoms with Gasteiger partial charge in [-0.15, -0.1) is 0 Å². The molecular formula is C11H12N2S. The minimum atomic E-state index is 0.663. The summed E-state index contributed by atoms with van der Waals surface area (Å²) in [6, 6.07) is 8.52. The summed E-state index contributed by atoms with van der Waals surface area (Å²) >= 11 is 1.62. The number of nitrogens with zero attached hydrogens (tertiary/aromatic N) is 2. The van der Waals surface area contributed by atoms with Crippen LogP contribution in [-0.2, 0) is 0 Å². The molecule has 2 nitrogen and oxygen atoms in total. The van der Waals surface area contributed by atoms with E-state index < -0.39 is 0 Å². The number of rotatable bonds is 1. The molecule has 0 spiro atoms. The van der Waals surface area contributed by atoms with Gasteiger partial charge in [0, 0.05) is 24.4 Å². The van der Waals surface area contributed by atoms with Crippen LogP contribution in [0.2, 0.25) is 0 Å². The molecule has 1 aromatic heterocycles. The third kappa shape index (κ3) is 1.16. The first-order valence-electron chi connectivity index (χ1n) is 4.87. The number of likely N-dealkylation sites (N-methyl/N-ethyl adjacent to an activating group) is 1. The molecule has 0 N–H and O–H groups in total. The summed E-state index contributed by atoms with van der Waals surface area (Å²) in [6.45, 7) is 2.32. The van der Waals surface area contributed by atoms with Crippen molar-refractivity contribution < 1.29 is 0 Å². The average Bonchev–Trinajstić information content (AvgIpc) is 2.56. The van der Waals surface area contributed by atoms with Gasteiger partial charge in [0.1, 0.15) is 0 Å². The summed E-state index contributed by atoms with van der Waals surface area (Å²) in [5.41, 5.74) is 1.31. The fourth-order valence-corrected chi connectivity index (χ4v) is 2.93. The van der Waals surface area contributed by atoms with E-state index in [2.05, 4.69) is 40.6 Å². The van der Waals surface area contributed by atoms with Crippen molar-refractivity contribution in [2.24, 2.45) is 0 Å². The maximum Gasteiger partial charge on any atom is 0.0677 e. The van der Waals surface area contributed by atoms with Crippen molar-refractivity contribution in [2.45, 2.75) is 5.92 Å². The standard InChI is InChI=1S/C11H12N2S/c1-13-6-8(7-13)11-9-4-2-3-5-10(9)14-12-11/h2-5,8H,6-7H2,1H3. The van der Waals surface area contributed by atoms with Crippen LogP contribution in [0.25, 0.3) is 10.1 Å². The Morgan fingerprint density at radius 1 is 1.36 bits per heavy atom. The third-order valence-electron chi connectivity index (χ3n) is 2.86. The van der Waals surface area contributed by atoms with Crippen molar-refractivity contribution in [3.63, 3.8) is 0 Å². The van der Waals surface area contributed by atoms with E-state index in [1.54, 1.807) is 11.5 Å². The zero-order valence-corrected chi connectivity index (χ0v) is 8.92. The number of hydrogen-bond donors (Lipinski definition) is 0. The van der Waals surface area contributed by atoms with Gasteiger partial charge in [-0.05, 0) is 24.6 Å². The highest BCUT2D eigenvalue weighted by atomic mass is 32.1. The molecule has 1 fully saturated rings. The van der Waals surface area contributed by atoms with E-state index in [9.17, 15) is 0 Å². The quantitative estimate of drug-likeness (QED) is 0.708. The summed E-state index contributed by atoms with van der Waals surface area (Å²) in [5, 5.41) is 1.36. The predicted octanol–water partition coefficient (Wildman–Crippen LogP) is 2.33. The molecule has 1 aliphatic rings. The maximum absolute atomic E-state index is 4.57. The van der Waals surface area contributed by atoms with Gasteiger partial charge in [-0.3, -0.25) is 0 Å². The molecule has 3 heteroatoms. The van der Waals surface area contributed by atoms with Crippen molar-refractivity contribution in [3.05, 3.63) is 30.0 Å². The molecule has 1 saturated heterocycles. The van der Waals surface area contributed by atoms with Crippen molar-refractivity contribution in [1.29, 1.82) is 0 Å². The van der Waals surface area contributed by atoms with Crippen LogP contribution in [-0.4, -0.2) is 29.4 Å². The highest BCUT2D eigenvalue weighted by molar-refractivity contribution is 7.13. The zero-order chi connectivity index (χ0) is 9.54. The summed E-state index contributed by atoms with van der Waals surface area (Å²) in [6.07, 6.45) is 0. The Hall–Kier alpha value is -0.930. The normalized spacial score (nSPS) is 18.6. The van der Waals surface area contributed by atoms with Gasteiger partial charge in [0.2, 0.25) is 0 Å². The molecule has 0 aliphatic carbocycles. The minimum Gasteiger partial charge on any atom is -0.305 e. The van der Waals surface area contributed by atoms with E-state index in [1.165, 1.54) is 15.8 Å². The SMILES string of the molecule is CN1CC(c2nsc3ccccc23)C1. The van der Waals surface area contributed by atoms with Crippen molar-refractivity contribution in [3.8, 4) is 0 Å². The molecule has 0 unspecified atom stereocenters. The van der Waals surface area contributed by atoms with Gasteiger partial charge in [0.15, 0.2) is 0 Å². The van der Waals surface area contributed by atoms with E-state index >= 15 is 0 Å². The average molecular weight is 204 g/mol. The van der Waals surface area contributed by atoms with Crippen LogP contribution in [0.3, 0.4) is 0 Å². The molecule has 0 amide bonds. The topological polar surface area (TPSA) is 16.1 Å². The molecule has 3 rings (SSSR count). The van der Waals surface area contributed by atoms with Crippen LogP contribution in [0.1, 0.15) is 11.6 Å². The molecule has 14 heavy (non-hydrogen) atoms. The number of benzene rings is 1. The Bertz CT molecular complexity index is 457. The van der Waals surface area contributed by atoms with Crippen molar-refractivity contribution in [2.75, 3.05) is 20.1 Å². The van der Waals surface area contributed by atoms with Crippen molar-refractivity contribution >= 4 is 21.6 Å². The Kier molecular flexibility index (Phi) is 1.82. The third-order valence-corrected chi connectivity index (χ3v) is 3.70. The van der Waals surface area contributed by atoms with E-state index in [-0.39, 0.29) is 0 Å². The Balaban J connectivity index is 2.05. The molecule has 0 atom stereocenters. The monoisotopic (exact) mass is 204 g/mol. The maximum atomic E-state index is 4.57. The van der Waals surface area contributed by atoms with Crippen LogP contribution in [0.5, 0.6) is 0 Å². The van der Waals surface area contributed by atoms with Gasteiger partial charge in [-0.25, -0.2) is 0 Å². The summed E-state index contributed by atoms with van der Waals surface area (Å²) in [5.74, 6) is 0.663. The molecule has 0 saturated carbocycles. The summed E-state index contributed by atoms with van der Waals surface area (Å²) < 4.78 is 5.88. The van der Waals surface area contributed by atoms with Gasteiger partial charge in [-0.1, -0.05) is 18.2 Å². The second-order valence-corrected chi connectivity index (χ2v) is 4.79. The first-order valence-corrected chi connectivity index (χ1v) is 5.65. The first kappa shape index (κ1) is 8.38. The lowest BCUT2D eigenvalue weighted by atomic mass is 9.95. The second kappa shape index (κ2) is 3.04. The number of hydrogen-bond acceptors (Lipinski definition) is 3. The molecule has 0 radical (unpaired) electrons. The van der Waals surface area contributed by atoms with Gasteiger partial charge in [0.25, 0.3) is 0 Å². The van der Waals surface area contributed by atoms with Crippen molar-refractivity contribution in [1.82, 2.24) is 9.27 Å². The molecule has 1 aromatic carbocycles. The molecule has 1 aliphatic heterocycles. The molecular weight excluding hydrogens is 192 g/mol. The molecule has 0 bridgehead atoms.